The summed E-state index contributed by atoms with van der Waals surface area (Å²) in [6.07, 6.45) is 1.34. The number of halogens is 1. The lowest BCUT2D eigenvalue weighted by Crippen LogP contribution is -2.56. The summed E-state index contributed by atoms with van der Waals surface area (Å²) in [6, 6.07) is 9.50. The van der Waals surface area contributed by atoms with E-state index in [-0.39, 0.29) is 45.2 Å². The predicted octanol–water partition coefficient (Wildman–Crippen LogP) is 1.31. The van der Waals surface area contributed by atoms with Crippen molar-refractivity contribution in [3.8, 4) is 5.69 Å². The summed E-state index contributed by atoms with van der Waals surface area (Å²) in [4.78, 5) is 26.9. The second-order valence-corrected chi connectivity index (χ2v) is 10.8. The molecule has 2 bridgehead atoms. The highest BCUT2D eigenvalue weighted by atomic mass is 79.9. The van der Waals surface area contributed by atoms with Crippen molar-refractivity contribution in [3.05, 3.63) is 51.3 Å². The zero-order chi connectivity index (χ0) is 18.0. The number of para-hydroxylation sites is 1. The van der Waals surface area contributed by atoms with Crippen molar-refractivity contribution in [1.82, 2.24) is 13.9 Å². The van der Waals surface area contributed by atoms with Gasteiger partial charge in [-0.05, 0) is 48.6 Å². The lowest BCUT2D eigenvalue weighted by atomic mass is 9.64. The molecule has 5 fully saturated rings. The Bertz CT molecular complexity index is 1110. The molecule has 1 N–H and O–H groups in total. The van der Waals surface area contributed by atoms with Gasteiger partial charge in [-0.3, -0.25) is 0 Å². The normalized spacial score (nSPS) is 53.9. The van der Waals surface area contributed by atoms with Crippen molar-refractivity contribution in [1.29, 1.82) is 0 Å². The third-order valence-corrected chi connectivity index (χ3v) is 10.2. The van der Waals surface area contributed by atoms with Crippen molar-refractivity contribution in [2.24, 2.45) is 34.5 Å². The fourth-order valence-corrected chi connectivity index (χ4v) is 9.72. The maximum Gasteiger partial charge on any atom is 0.352 e. The van der Waals surface area contributed by atoms with Crippen LogP contribution >= 0.6 is 15.9 Å². The van der Waals surface area contributed by atoms with Crippen LogP contribution in [-0.4, -0.2) is 30.0 Å². The molecule has 2 aliphatic heterocycles. The number of benzene rings is 1. The van der Waals surface area contributed by atoms with Gasteiger partial charge >= 0.3 is 11.4 Å². The molecule has 1 aromatic carbocycles. The molecule has 5 saturated carbocycles. The van der Waals surface area contributed by atoms with Crippen LogP contribution in [-0.2, 0) is 0 Å². The maximum absolute atomic E-state index is 13.4. The van der Waals surface area contributed by atoms with Crippen LogP contribution in [0.3, 0.4) is 0 Å². The van der Waals surface area contributed by atoms with Gasteiger partial charge in [0.2, 0.25) is 0 Å². The van der Waals surface area contributed by atoms with Crippen LogP contribution in [0.2, 0.25) is 0 Å². The molecule has 3 heterocycles. The number of rotatable bonds is 1. The van der Waals surface area contributed by atoms with E-state index >= 15 is 0 Å². The highest BCUT2D eigenvalue weighted by molar-refractivity contribution is 9.09. The van der Waals surface area contributed by atoms with Crippen LogP contribution in [0.4, 0.5) is 0 Å². The van der Waals surface area contributed by atoms with Gasteiger partial charge in [0.1, 0.15) is 0 Å². The Kier molecular flexibility index (Phi) is 2.02. The van der Waals surface area contributed by atoms with Crippen LogP contribution in [0.1, 0.15) is 24.9 Å². The van der Waals surface area contributed by atoms with Gasteiger partial charge < -0.3 is 5.11 Å². The molecule has 10 atom stereocenters. The number of hydrogen-bond donors (Lipinski definition) is 1. The summed E-state index contributed by atoms with van der Waals surface area (Å²) in [5.74, 6) is 2.38. The number of nitrogens with zero attached hydrogens (tertiary/aromatic N) is 3. The number of hydrogen-bond acceptors (Lipinski definition) is 3. The van der Waals surface area contributed by atoms with Gasteiger partial charge in [0.25, 0.3) is 0 Å². The fraction of sp³-hybridized carbons (Fsp3) is 0.600. The second kappa shape index (κ2) is 3.79. The molecule has 27 heavy (non-hydrogen) atoms. The molecule has 138 valence electrons. The molecule has 0 saturated heterocycles. The molecule has 0 radical (unpaired) electrons. The van der Waals surface area contributed by atoms with Crippen LogP contribution in [0.15, 0.2) is 39.9 Å². The van der Waals surface area contributed by atoms with Gasteiger partial charge in [-0.2, -0.15) is 0 Å². The molecule has 9 rings (SSSR count). The first-order chi connectivity index (χ1) is 13.1. The first-order valence-corrected chi connectivity index (χ1v) is 10.8. The average Bonchev–Trinajstić information content (AvgIpc) is 3.40. The van der Waals surface area contributed by atoms with E-state index in [2.05, 4.69) is 15.9 Å². The second-order valence-electron chi connectivity index (χ2n) is 9.60. The number of aromatic nitrogens is 3. The topological polar surface area (TPSA) is 69.2 Å². The molecule has 1 aromatic heterocycles. The van der Waals surface area contributed by atoms with Gasteiger partial charge in [-0.25, -0.2) is 23.5 Å². The van der Waals surface area contributed by atoms with Gasteiger partial charge in [-0.15, -0.1) is 0 Å². The maximum atomic E-state index is 13.4. The molecule has 6 nitrogen and oxygen atoms in total. The van der Waals surface area contributed by atoms with E-state index in [9.17, 15) is 14.7 Å². The third kappa shape index (κ3) is 1.10. The van der Waals surface area contributed by atoms with Crippen molar-refractivity contribution < 1.29 is 5.11 Å². The Labute approximate surface area is 162 Å². The Morgan fingerprint density at radius 3 is 2.15 bits per heavy atom. The van der Waals surface area contributed by atoms with E-state index in [1.54, 1.807) is 0 Å². The average molecular weight is 428 g/mol. The van der Waals surface area contributed by atoms with E-state index < -0.39 is 0 Å². The summed E-state index contributed by atoms with van der Waals surface area (Å²) >= 11 is 3.70. The van der Waals surface area contributed by atoms with Crippen LogP contribution in [0.25, 0.3) is 5.69 Å². The minimum Gasteiger partial charge on any atom is -0.392 e. The Hall–Kier alpha value is -1.60. The fourth-order valence-electron chi connectivity index (χ4n) is 8.99. The van der Waals surface area contributed by atoms with Crippen LogP contribution < -0.4 is 11.4 Å². The smallest absolute Gasteiger partial charge is 0.352 e. The number of aliphatic hydroxyl groups is 1. The lowest BCUT2D eigenvalue weighted by molar-refractivity contribution is -0.0543. The SMILES string of the molecule is O=c1n(-c2ccccc2)c(=O)n2n1[C@H]1[C@H]3[C@@H]4[C@@H]3[C@H]2[C@]23C[C@@H](Br)[C@H](O)C[C@]12[C@@H]43. The quantitative estimate of drug-likeness (QED) is 0.697. The van der Waals surface area contributed by atoms with Gasteiger partial charge in [0.05, 0.1) is 23.9 Å². The summed E-state index contributed by atoms with van der Waals surface area (Å²) in [6.45, 7) is 0. The summed E-state index contributed by atoms with van der Waals surface area (Å²) in [5, 5.41) is 10.6. The Balaban J connectivity index is 1.44. The van der Waals surface area contributed by atoms with Crippen molar-refractivity contribution in [2.45, 2.75) is 35.9 Å². The Morgan fingerprint density at radius 2 is 1.52 bits per heavy atom. The zero-order valence-electron chi connectivity index (χ0n) is 14.4. The molecule has 5 aliphatic carbocycles. The summed E-state index contributed by atoms with van der Waals surface area (Å²) < 4.78 is 5.00. The minimum absolute atomic E-state index is 0.0462. The monoisotopic (exact) mass is 427 g/mol. The predicted molar refractivity (Wildman–Crippen MR) is 99.1 cm³/mol. The lowest BCUT2D eigenvalue weighted by Gasteiger charge is -2.52. The van der Waals surface area contributed by atoms with E-state index in [1.165, 1.54) is 4.57 Å². The molecule has 2 aromatic rings. The zero-order valence-corrected chi connectivity index (χ0v) is 16.0. The first-order valence-electron chi connectivity index (χ1n) is 9.89. The largest absolute Gasteiger partial charge is 0.392 e. The van der Waals surface area contributed by atoms with E-state index in [4.69, 9.17) is 0 Å². The first kappa shape index (κ1) is 14.4. The number of alkyl halides is 1. The van der Waals surface area contributed by atoms with E-state index in [0.717, 1.165) is 12.8 Å². The van der Waals surface area contributed by atoms with E-state index in [1.807, 2.05) is 39.7 Å². The highest BCUT2D eigenvalue weighted by Gasteiger charge is 3.03. The molecule has 0 unspecified atom stereocenters. The summed E-state index contributed by atoms with van der Waals surface area (Å²) in [5.41, 5.74) is 0.431. The molecule has 2 spiro atoms. The van der Waals surface area contributed by atoms with Gasteiger partial charge in [0.15, 0.2) is 0 Å². The number of aliphatic hydroxyl groups excluding tert-OH is 1. The van der Waals surface area contributed by atoms with Crippen molar-refractivity contribution in [3.63, 3.8) is 0 Å². The van der Waals surface area contributed by atoms with E-state index in [0.29, 0.717) is 29.4 Å². The van der Waals surface area contributed by atoms with Gasteiger partial charge in [-0.1, -0.05) is 34.1 Å². The minimum atomic E-state index is -0.356. The third-order valence-electron chi connectivity index (χ3n) is 9.30. The van der Waals surface area contributed by atoms with Crippen molar-refractivity contribution in [2.75, 3.05) is 0 Å². The standard InChI is InChI=1S/C20H18BrN3O3/c21-9-6-19-14-11-12-13(11)16(20(14,19)7-10(9)25)24-18(27)22(8-4-2-1-3-5-8)17(26)23(24)15(12)19/h1-5,9-16,25H,6-7H2/t9-,10-,11+,12+,13+,14+,15+,16+,19-,20+/m1/s1. The molecular weight excluding hydrogens is 410 g/mol. The Morgan fingerprint density at radius 1 is 0.926 bits per heavy atom. The summed E-state index contributed by atoms with van der Waals surface area (Å²) in [7, 11) is 0. The molecule has 0 amide bonds. The molecular formula is C20H18BrN3O3. The van der Waals surface area contributed by atoms with Crippen LogP contribution in [0.5, 0.6) is 0 Å². The molecule has 7 heteroatoms. The van der Waals surface area contributed by atoms with Crippen LogP contribution in [0, 0.1) is 34.5 Å². The van der Waals surface area contributed by atoms with Crippen molar-refractivity contribution >= 4 is 15.9 Å². The van der Waals surface area contributed by atoms with Gasteiger partial charge in [0, 0.05) is 15.7 Å². The molecule has 7 aliphatic rings. The highest BCUT2D eigenvalue weighted by Crippen LogP contribution is 3.04.